The Hall–Kier alpha value is -1.33. The van der Waals surface area contributed by atoms with Crippen LogP contribution in [-0.2, 0) is 0 Å². The van der Waals surface area contributed by atoms with Crippen LogP contribution in [0.3, 0.4) is 0 Å². The standard InChI is InChI=1S/C15H14ClF2NOS/c1-9-7-11(13(20)8-16)10(2)19(9)12-5-3-4-6-14(12)21-15(17)18/h3-7,15H,8H2,1-2H3. The number of aromatic nitrogens is 1. The van der Waals surface area contributed by atoms with Gasteiger partial charge in [-0.1, -0.05) is 23.9 Å². The number of carbonyl (C=O) groups excluding carboxylic acids is 1. The number of benzene rings is 1. The lowest BCUT2D eigenvalue weighted by molar-refractivity contribution is 0.102. The van der Waals surface area contributed by atoms with Crippen LogP contribution in [0.2, 0.25) is 0 Å². The summed E-state index contributed by atoms with van der Waals surface area (Å²) in [6, 6.07) is 8.65. The van der Waals surface area contributed by atoms with Crippen LogP contribution in [0.15, 0.2) is 35.2 Å². The first-order valence-electron chi connectivity index (χ1n) is 6.28. The van der Waals surface area contributed by atoms with Crippen LogP contribution >= 0.6 is 23.4 Å². The van der Waals surface area contributed by atoms with E-state index < -0.39 is 5.76 Å². The van der Waals surface area contributed by atoms with E-state index in [0.717, 1.165) is 5.69 Å². The summed E-state index contributed by atoms with van der Waals surface area (Å²) in [5.41, 5.74) is 2.69. The van der Waals surface area contributed by atoms with Gasteiger partial charge in [0.25, 0.3) is 5.76 Å². The molecule has 0 bridgehead atoms. The molecule has 0 spiro atoms. The maximum absolute atomic E-state index is 12.7. The van der Waals surface area contributed by atoms with Crippen LogP contribution < -0.4 is 0 Å². The second-order valence-corrected chi connectivity index (χ2v) is 5.82. The summed E-state index contributed by atoms with van der Waals surface area (Å²) in [7, 11) is 0. The topological polar surface area (TPSA) is 22.0 Å². The van der Waals surface area contributed by atoms with E-state index in [0.29, 0.717) is 33.6 Å². The van der Waals surface area contributed by atoms with Gasteiger partial charge in [-0.25, -0.2) is 0 Å². The number of rotatable bonds is 5. The lowest BCUT2D eigenvalue weighted by Crippen LogP contribution is -2.05. The largest absolute Gasteiger partial charge is 0.317 e. The van der Waals surface area contributed by atoms with Gasteiger partial charge in [0.15, 0.2) is 5.78 Å². The van der Waals surface area contributed by atoms with Gasteiger partial charge in [-0.05, 0) is 32.0 Å². The van der Waals surface area contributed by atoms with Crippen LogP contribution in [0, 0.1) is 13.8 Å². The van der Waals surface area contributed by atoms with Crippen molar-refractivity contribution in [2.75, 3.05) is 5.88 Å². The third-order valence-corrected chi connectivity index (χ3v) is 4.20. The number of thioether (sulfide) groups is 1. The predicted octanol–water partition coefficient (Wildman–Crippen LogP) is 4.83. The SMILES string of the molecule is Cc1cc(C(=O)CCl)c(C)n1-c1ccccc1SC(F)F. The third-order valence-electron chi connectivity index (χ3n) is 3.18. The van der Waals surface area contributed by atoms with Crippen LogP contribution in [0.25, 0.3) is 5.69 Å². The van der Waals surface area contributed by atoms with E-state index >= 15 is 0 Å². The zero-order valence-corrected chi connectivity index (χ0v) is 13.1. The summed E-state index contributed by atoms with van der Waals surface area (Å²) in [4.78, 5) is 12.3. The molecule has 0 saturated heterocycles. The highest BCUT2D eigenvalue weighted by atomic mass is 35.5. The van der Waals surface area contributed by atoms with Crippen LogP contribution in [0.5, 0.6) is 0 Å². The number of alkyl halides is 3. The van der Waals surface area contributed by atoms with E-state index in [2.05, 4.69) is 0 Å². The smallest absolute Gasteiger partial charge is 0.288 e. The maximum Gasteiger partial charge on any atom is 0.288 e. The van der Waals surface area contributed by atoms with Gasteiger partial charge in [0, 0.05) is 21.8 Å². The molecular weight excluding hydrogens is 316 g/mol. The van der Waals surface area contributed by atoms with Gasteiger partial charge in [-0.3, -0.25) is 4.79 Å². The molecule has 1 aromatic carbocycles. The zero-order valence-electron chi connectivity index (χ0n) is 11.6. The summed E-state index contributed by atoms with van der Waals surface area (Å²) in [5, 5.41) is 0. The van der Waals surface area contributed by atoms with E-state index in [9.17, 15) is 13.6 Å². The van der Waals surface area contributed by atoms with E-state index in [4.69, 9.17) is 11.6 Å². The molecule has 1 heterocycles. The molecule has 2 rings (SSSR count). The molecule has 0 aliphatic rings. The molecule has 1 aromatic heterocycles. The Labute approximate surface area is 131 Å². The van der Waals surface area contributed by atoms with Crippen molar-refractivity contribution in [3.63, 3.8) is 0 Å². The number of hydrogen-bond acceptors (Lipinski definition) is 2. The maximum atomic E-state index is 12.7. The van der Waals surface area contributed by atoms with Crippen molar-refractivity contribution >= 4 is 29.1 Å². The Kier molecular flexibility index (Phi) is 5.06. The molecule has 2 aromatic rings. The highest BCUT2D eigenvalue weighted by molar-refractivity contribution is 7.99. The fourth-order valence-electron chi connectivity index (χ4n) is 2.33. The van der Waals surface area contributed by atoms with Crippen molar-refractivity contribution < 1.29 is 13.6 Å². The molecule has 0 fully saturated rings. The molecule has 0 radical (unpaired) electrons. The van der Waals surface area contributed by atoms with Crippen LogP contribution in [0.4, 0.5) is 8.78 Å². The second-order valence-electron chi connectivity index (χ2n) is 4.52. The van der Waals surface area contributed by atoms with Crippen molar-refractivity contribution in [1.29, 1.82) is 0 Å². The first-order valence-corrected chi connectivity index (χ1v) is 7.69. The number of hydrogen-bond donors (Lipinski definition) is 0. The summed E-state index contributed by atoms with van der Waals surface area (Å²) in [6.07, 6.45) is 0. The quantitative estimate of drug-likeness (QED) is 0.445. The summed E-state index contributed by atoms with van der Waals surface area (Å²) in [6.45, 7) is 3.62. The second kappa shape index (κ2) is 6.62. The molecule has 0 aliphatic carbocycles. The molecule has 0 amide bonds. The number of Topliss-reactive ketones (excluding diaryl/α,β-unsaturated/α-hetero) is 1. The normalized spacial score (nSPS) is 11.1. The minimum atomic E-state index is -2.49. The van der Waals surface area contributed by atoms with Gasteiger partial charge in [0.1, 0.15) is 0 Å². The summed E-state index contributed by atoms with van der Waals surface area (Å²) in [5.74, 6) is -2.76. The van der Waals surface area contributed by atoms with E-state index in [-0.39, 0.29) is 11.7 Å². The van der Waals surface area contributed by atoms with Crippen molar-refractivity contribution in [2.45, 2.75) is 24.5 Å². The van der Waals surface area contributed by atoms with Crippen molar-refractivity contribution in [2.24, 2.45) is 0 Å². The fraction of sp³-hybridized carbons (Fsp3) is 0.267. The Morgan fingerprint density at radius 3 is 2.62 bits per heavy atom. The predicted molar refractivity (Wildman–Crippen MR) is 82.2 cm³/mol. The van der Waals surface area contributed by atoms with Gasteiger partial charge in [0.05, 0.1) is 11.6 Å². The minimum Gasteiger partial charge on any atom is -0.317 e. The monoisotopic (exact) mass is 329 g/mol. The molecule has 6 heteroatoms. The summed E-state index contributed by atoms with van der Waals surface area (Å²) >= 11 is 6.10. The lowest BCUT2D eigenvalue weighted by Gasteiger charge is -2.14. The minimum absolute atomic E-state index is 0.0995. The molecule has 2 nitrogen and oxygen atoms in total. The number of para-hydroxylation sites is 1. The number of halogens is 3. The van der Waals surface area contributed by atoms with Gasteiger partial charge >= 0.3 is 0 Å². The van der Waals surface area contributed by atoms with Crippen molar-refractivity contribution in [3.8, 4) is 5.69 Å². The lowest BCUT2D eigenvalue weighted by atomic mass is 10.2. The molecule has 21 heavy (non-hydrogen) atoms. The van der Waals surface area contributed by atoms with Crippen LogP contribution in [-0.4, -0.2) is 22.0 Å². The Morgan fingerprint density at radius 1 is 1.33 bits per heavy atom. The van der Waals surface area contributed by atoms with Crippen LogP contribution in [0.1, 0.15) is 21.7 Å². The fourth-order valence-corrected chi connectivity index (χ4v) is 3.10. The Morgan fingerprint density at radius 2 is 2.00 bits per heavy atom. The Bertz CT molecular complexity index is 670. The van der Waals surface area contributed by atoms with Gasteiger partial charge < -0.3 is 4.57 Å². The first kappa shape index (κ1) is 16.0. The summed E-state index contributed by atoms with van der Waals surface area (Å²) < 4.78 is 27.2. The number of ketones is 1. The molecule has 0 saturated carbocycles. The average molecular weight is 330 g/mol. The van der Waals surface area contributed by atoms with Gasteiger partial charge in [0.2, 0.25) is 0 Å². The number of carbonyl (C=O) groups is 1. The molecule has 0 N–H and O–H groups in total. The van der Waals surface area contributed by atoms with E-state index in [1.54, 1.807) is 37.3 Å². The molecular formula is C15H14ClF2NOS. The van der Waals surface area contributed by atoms with Crippen molar-refractivity contribution in [3.05, 3.63) is 47.3 Å². The van der Waals surface area contributed by atoms with E-state index in [1.807, 2.05) is 11.5 Å². The molecule has 0 unspecified atom stereocenters. The molecule has 0 aliphatic heterocycles. The highest BCUT2D eigenvalue weighted by Crippen LogP contribution is 2.33. The third kappa shape index (κ3) is 3.30. The first-order chi connectivity index (χ1) is 9.95. The zero-order chi connectivity index (χ0) is 15.6. The van der Waals surface area contributed by atoms with Crippen molar-refractivity contribution in [1.82, 2.24) is 4.57 Å². The van der Waals surface area contributed by atoms with Gasteiger partial charge in [-0.15, -0.1) is 11.6 Å². The molecule has 0 atom stereocenters. The van der Waals surface area contributed by atoms with Gasteiger partial charge in [-0.2, -0.15) is 8.78 Å². The molecule has 112 valence electrons. The highest BCUT2D eigenvalue weighted by Gasteiger charge is 2.18. The average Bonchev–Trinajstić information content (AvgIpc) is 2.73. The van der Waals surface area contributed by atoms with E-state index in [1.165, 1.54) is 0 Å². The Balaban J connectivity index is 2.57. The number of nitrogens with zero attached hydrogens (tertiary/aromatic N) is 1. The number of aryl methyl sites for hydroxylation is 1.